The molecule has 0 saturated carbocycles. The molecule has 4 nitrogen and oxygen atoms in total. The minimum Gasteiger partial charge on any atom is -0.399 e. The first-order chi connectivity index (χ1) is 7.77. The first-order valence-corrected chi connectivity index (χ1v) is 6.15. The Morgan fingerprint density at radius 3 is 2.59 bits per heavy atom. The number of hydrogen-bond acceptors (Lipinski definition) is 3. The Morgan fingerprint density at radius 2 is 2.06 bits per heavy atom. The van der Waals surface area contributed by atoms with Crippen molar-refractivity contribution < 1.29 is 17.2 Å². The summed E-state index contributed by atoms with van der Waals surface area (Å²) >= 11 is 0. The summed E-state index contributed by atoms with van der Waals surface area (Å²) in [6.45, 7) is 4.88. The molecule has 1 aromatic rings. The maximum atomic E-state index is 13.4. The van der Waals surface area contributed by atoms with Crippen LogP contribution in [0.25, 0.3) is 0 Å². The highest BCUT2D eigenvalue weighted by Crippen LogP contribution is 2.21. The summed E-state index contributed by atoms with van der Waals surface area (Å²) in [5, 5.41) is 0. The van der Waals surface area contributed by atoms with Gasteiger partial charge in [0.1, 0.15) is 4.90 Å². The summed E-state index contributed by atoms with van der Waals surface area (Å²) < 4.78 is 51.9. The molecule has 0 heterocycles. The van der Waals surface area contributed by atoms with Crippen LogP contribution in [0.1, 0.15) is 6.92 Å². The molecular formula is C10H12F2N2O2S. The van der Waals surface area contributed by atoms with E-state index in [1.807, 2.05) is 0 Å². The lowest BCUT2D eigenvalue weighted by Gasteiger charge is -2.11. The van der Waals surface area contributed by atoms with Crippen molar-refractivity contribution in [3.63, 3.8) is 0 Å². The Hall–Kier alpha value is -1.47. The van der Waals surface area contributed by atoms with Crippen LogP contribution in [0.5, 0.6) is 0 Å². The number of nitrogen functional groups attached to an aromatic ring is 1. The highest BCUT2D eigenvalue weighted by atomic mass is 32.2. The molecule has 0 bridgehead atoms. The molecular weight excluding hydrogens is 250 g/mol. The number of hydrogen-bond donors (Lipinski definition) is 2. The number of anilines is 1. The minimum atomic E-state index is -4.16. The summed E-state index contributed by atoms with van der Waals surface area (Å²) in [6, 6.07) is 0.964. The van der Waals surface area contributed by atoms with Crippen molar-refractivity contribution >= 4 is 15.7 Å². The zero-order valence-electron chi connectivity index (χ0n) is 9.07. The molecule has 1 aromatic carbocycles. The molecule has 0 saturated heterocycles. The van der Waals surface area contributed by atoms with E-state index in [1.165, 1.54) is 13.0 Å². The van der Waals surface area contributed by atoms with E-state index in [0.717, 1.165) is 6.07 Å². The van der Waals surface area contributed by atoms with Gasteiger partial charge in [-0.05, 0) is 19.1 Å². The minimum absolute atomic E-state index is 0.171. The summed E-state index contributed by atoms with van der Waals surface area (Å²) in [5.41, 5.74) is 5.10. The molecule has 0 aliphatic heterocycles. The molecule has 1 rings (SSSR count). The molecule has 7 heteroatoms. The third-order valence-electron chi connectivity index (χ3n) is 2.00. The van der Waals surface area contributed by atoms with Gasteiger partial charge in [-0.25, -0.2) is 21.9 Å². The Labute approximate surface area is 98.2 Å². The Kier molecular flexibility index (Phi) is 3.84. The molecule has 0 aliphatic rings. The van der Waals surface area contributed by atoms with E-state index in [9.17, 15) is 17.2 Å². The molecule has 17 heavy (non-hydrogen) atoms. The van der Waals surface area contributed by atoms with Crippen molar-refractivity contribution in [1.29, 1.82) is 0 Å². The van der Waals surface area contributed by atoms with E-state index in [1.54, 1.807) is 0 Å². The molecule has 94 valence electrons. The summed E-state index contributed by atoms with van der Waals surface area (Å²) in [5.74, 6) is -2.76. The van der Waals surface area contributed by atoms with E-state index < -0.39 is 32.6 Å². The topological polar surface area (TPSA) is 72.2 Å². The number of halogens is 2. The number of nitrogens with two attached hydrogens (primary N) is 1. The van der Waals surface area contributed by atoms with E-state index in [-0.39, 0.29) is 5.69 Å². The predicted octanol–water partition coefficient (Wildman–Crippen LogP) is 1.40. The van der Waals surface area contributed by atoms with Gasteiger partial charge in [0.25, 0.3) is 0 Å². The monoisotopic (exact) mass is 262 g/mol. The standard InChI is InChI=1S/C10H12F2N2O2S/c1-3-6(2)14-17(15,16)9-5-7(13)4-8(11)10(9)12/h3-6,14H,1,13H2,2H3. The first kappa shape index (κ1) is 13.6. The van der Waals surface area contributed by atoms with Crippen molar-refractivity contribution in [2.75, 3.05) is 5.73 Å². The van der Waals surface area contributed by atoms with Gasteiger partial charge in [0.05, 0.1) is 0 Å². The third-order valence-corrected chi connectivity index (χ3v) is 3.56. The largest absolute Gasteiger partial charge is 0.399 e. The molecule has 0 aromatic heterocycles. The van der Waals surface area contributed by atoms with Gasteiger partial charge in [0.2, 0.25) is 10.0 Å². The van der Waals surface area contributed by atoms with Gasteiger partial charge in [-0.15, -0.1) is 6.58 Å². The fourth-order valence-corrected chi connectivity index (χ4v) is 2.47. The number of nitrogens with one attached hydrogen (secondary N) is 1. The van der Waals surface area contributed by atoms with Crippen LogP contribution in [0.3, 0.4) is 0 Å². The second-order valence-electron chi connectivity index (χ2n) is 3.46. The highest BCUT2D eigenvalue weighted by molar-refractivity contribution is 7.89. The van der Waals surface area contributed by atoms with Crippen LogP contribution >= 0.6 is 0 Å². The van der Waals surface area contributed by atoms with Gasteiger partial charge in [0, 0.05) is 11.7 Å². The molecule has 0 aliphatic carbocycles. The molecule has 1 unspecified atom stereocenters. The van der Waals surface area contributed by atoms with Gasteiger partial charge < -0.3 is 5.73 Å². The van der Waals surface area contributed by atoms with Crippen LogP contribution < -0.4 is 10.5 Å². The Morgan fingerprint density at radius 1 is 1.47 bits per heavy atom. The number of rotatable bonds is 4. The van der Waals surface area contributed by atoms with Crippen molar-refractivity contribution in [3.8, 4) is 0 Å². The second kappa shape index (κ2) is 4.80. The first-order valence-electron chi connectivity index (χ1n) is 4.67. The molecule has 0 spiro atoms. The SMILES string of the molecule is C=CC(C)NS(=O)(=O)c1cc(N)cc(F)c1F. The second-order valence-corrected chi connectivity index (χ2v) is 5.14. The summed E-state index contributed by atoms with van der Waals surface area (Å²) in [7, 11) is -4.16. The van der Waals surface area contributed by atoms with Gasteiger partial charge in [-0.2, -0.15) is 0 Å². The maximum Gasteiger partial charge on any atom is 0.244 e. The maximum absolute atomic E-state index is 13.4. The Bertz CT molecular complexity index is 543. The number of sulfonamides is 1. The normalized spacial score (nSPS) is 13.4. The molecule has 0 amide bonds. The lowest BCUT2D eigenvalue weighted by Crippen LogP contribution is -2.31. The van der Waals surface area contributed by atoms with E-state index in [4.69, 9.17) is 5.73 Å². The summed E-state index contributed by atoms with van der Waals surface area (Å²) in [4.78, 5) is -0.816. The lowest BCUT2D eigenvalue weighted by molar-refractivity contribution is 0.483. The van der Waals surface area contributed by atoms with Crippen LogP contribution in [0.2, 0.25) is 0 Å². The average molecular weight is 262 g/mol. The zero-order valence-corrected chi connectivity index (χ0v) is 9.89. The lowest BCUT2D eigenvalue weighted by atomic mass is 10.3. The fourth-order valence-electron chi connectivity index (χ4n) is 1.14. The van der Waals surface area contributed by atoms with Crippen LogP contribution in [-0.2, 0) is 10.0 Å². The van der Waals surface area contributed by atoms with Crippen LogP contribution in [0.15, 0.2) is 29.7 Å². The third kappa shape index (κ3) is 3.01. The van der Waals surface area contributed by atoms with Crippen molar-refractivity contribution in [2.24, 2.45) is 0 Å². The molecule has 3 N–H and O–H groups in total. The smallest absolute Gasteiger partial charge is 0.244 e. The van der Waals surface area contributed by atoms with Gasteiger partial charge in [-0.1, -0.05) is 6.08 Å². The quantitative estimate of drug-likeness (QED) is 0.636. The van der Waals surface area contributed by atoms with Crippen LogP contribution in [0, 0.1) is 11.6 Å². The van der Waals surface area contributed by atoms with E-state index >= 15 is 0 Å². The van der Waals surface area contributed by atoms with Crippen molar-refractivity contribution in [2.45, 2.75) is 17.9 Å². The van der Waals surface area contributed by atoms with Gasteiger partial charge in [0.15, 0.2) is 11.6 Å². The molecule has 1 atom stereocenters. The molecule has 0 radical (unpaired) electrons. The summed E-state index contributed by atoms with van der Waals surface area (Å²) in [6.07, 6.45) is 1.32. The average Bonchev–Trinajstić information content (AvgIpc) is 2.22. The van der Waals surface area contributed by atoms with Crippen molar-refractivity contribution in [1.82, 2.24) is 4.72 Å². The number of benzene rings is 1. The van der Waals surface area contributed by atoms with Crippen LogP contribution in [-0.4, -0.2) is 14.5 Å². The molecule has 0 fully saturated rings. The van der Waals surface area contributed by atoms with E-state index in [0.29, 0.717) is 6.07 Å². The van der Waals surface area contributed by atoms with Crippen molar-refractivity contribution in [3.05, 3.63) is 36.4 Å². The fraction of sp³-hybridized carbons (Fsp3) is 0.200. The Balaban J connectivity index is 3.29. The van der Waals surface area contributed by atoms with Crippen LogP contribution in [0.4, 0.5) is 14.5 Å². The van der Waals surface area contributed by atoms with Gasteiger partial charge in [-0.3, -0.25) is 0 Å². The van der Waals surface area contributed by atoms with E-state index in [2.05, 4.69) is 11.3 Å². The highest BCUT2D eigenvalue weighted by Gasteiger charge is 2.23. The van der Waals surface area contributed by atoms with Gasteiger partial charge >= 0.3 is 0 Å². The predicted molar refractivity (Wildman–Crippen MR) is 60.8 cm³/mol. The zero-order chi connectivity index (χ0) is 13.2.